The first kappa shape index (κ1) is 12.1. The predicted molar refractivity (Wildman–Crippen MR) is 58.6 cm³/mol. The number of aliphatic hydroxyl groups excluding tert-OH is 1. The lowest BCUT2D eigenvalue weighted by Crippen LogP contribution is -2.16. The normalized spacial score (nSPS) is 12.3. The van der Waals surface area contributed by atoms with Gasteiger partial charge in [0.2, 0.25) is 0 Å². The molecular weight excluding hydrogens is 218 g/mol. The fraction of sp³-hybridized carbons (Fsp3) is 0.400. The van der Waals surface area contributed by atoms with E-state index < -0.39 is 6.04 Å². The number of benzene rings is 1. The summed E-state index contributed by atoms with van der Waals surface area (Å²) in [5.74, 6) is 1.10. The van der Waals surface area contributed by atoms with Crippen molar-refractivity contribution < 1.29 is 14.6 Å². The van der Waals surface area contributed by atoms with Crippen LogP contribution < -0.4 is 15.2 Å². The number of methoxy groups -OCH3 is 2. The van der Waals surface area contributed by atoms with Crippen molar-refractivity contribution in [2.75, 3.05) is 20.8 Å². The summed E-state index contributed by atoms with van der Waals surface area (Å²) >= 11 is 6.01. The molecule has 0 saturated heterocycles. The van der Waals surface area contributed by atoms with Crippen molar-refractivity contribution in [2.45, 2.75) is 6.04 Å². The summed E-state index contributed by atoms with van der Waals surface area (Å²) in [6.07, 6.45) is 0. The van der Waals surface area contributed by atoms with E-state index in [4.69, 9.17) is 31.9 Å². The van der Waals surface area contributed by atoms with Gasteiger partial charge >= 0.3 is 0 Å². The molecule has 84 valence electrons. The molecule has 0 fully saturated rings. The van der Waals surface area contributed by atoms with E-state index in [9.17, 15) is 0 Å². The lowest BCUT2D eigenvalue weighted by atomic mass is 10.1. The largest absolute Gasteiger partial charge is 0.497 e. The average molecular weight is 232 g/mol. The molecule has 0 spiro atoms. The van der Waals surface area contributed by atoms with Crippen molar-refractivity contribution in [3.8, 4) is 11.5 Å². The van der Waals surface area contributed by atoms with Crippen LogP contribution in [0.3, 0.4) is 0 Å². The van der Waals surface area contributed by atoms with Gasteiger partial charge in [0.25, 0.3) is 0 Å². The van der Waals surface area contributed by atoms with E-state index in [0.29, 0.717) is 22.1 Å². The Morgan fingerprint density at radius 3 is 2.53 bits per heavy atom. The van der Waals surface area contributed by atoms with Gasteiger partial charge in [0.15, 0.2) is 0 Å². The summed E-state index contributed by atoms with van der Waals surface area (Å²) < 4.78 is 10.2. The van der Waals surface area contributed by atoms with Crippen LogP contribution in [0, 0.1) is 0 Å². The zero-order valence-corrected chi connectivity index (χ0v) is 9.41. The Bertz CT molecular complexity index is 344. The summed E-state index contributed by atoms with van der Waals surface area (Å²) in [5.41, 5.74) is 6.29. The molecule has 0 saturated carbocycles. The van der Waals surface area contributed by atoms with Crippen LogP contribution in [-0.4, -0.2) is 25.9 Å². The van der Waals surface area contributed by atoms with Crippen molar-refractivity contribution in [1.82, 2.24) is 0 Å². The molecule has 1 atom stereocenters. The van der Waals surface area contributed by atoms with Crippen LogP contribution in [-0.2, 0) is 0 Å². The van der Waals surface area contributed by atoms with Gasteiger partial charge in [0.1, 0.15) is 11.5 Å². The number of aliphatic hydroxyl groups is 1. The maximum absolute atomic E-state index is 8.99. The van der Waals surface area contributed by atoms with E-state index in [0.717, 1.165) is 0 Å². The highest BCUT2D eigenvalue weighted by atomic mass is 35.5. The number of hydrogen-bond donors (Lipinski definition) is 2. The van der Waals surface area contributed by atoms with E-state index in [1.807, 2.05) is 0 Å². The van der Waals surface area contributed by atoms with E-state index in [-0.39, 0.29) is 6.61 Å². The van der Waals surface area contributed by atoms with E-state index in [1.165, 1.54) is 14.2 Å². The molecule has 0 aliphatic carbocycles. The molecule has 0 bridgehead atoms. The Balaban J connectivity index is 3.24. The van der Waals surface area contributed by atoms with Gasteiger partial charge in [-0.15, -0.1) is 0 Å². The minimum absolute atomic E-state index is 0.192. The monoisotopic (exact) mass is 231 g/mol. The van der Waals surface area contributed by atoms with Crippen LogP contribution in [0.4, 0.5) is 0 Å². The predicted octanol–water partition coefficient (Wildman–Crippen LogP) is 1.35. The van der Waals surface area contributed by atoms with Crippen molar-refractivity contribution in [1.29, 1.82) is 0 Å². The summed E-state index contributed by atoms with van der Waals surface area (Å²) in [5, 5.41) is 9.41. The molecule has 0 amide bonds. The van der Waals surface area contributed by atoms with Gasteiger partial charge in [-0.05, 0) is 6.07 Å². The molecule has 3 N–H and O–H groups in total. The minimum Gasteiger partial charge on any atom is -0.497 e. The van der Waals surface area contributed by atoms with Crippen LogP contribution in [0.25, 0.3) is 0 Å². The lowest BCUT2D eigenvalue weighted by molar-refractivity contribution is 0.264. The second kappa shape index (κ2) is 5.21. The highest BCUT2D eigenvalue weighted by Crippen LogP contribution is 2.35. The van der Waals surface area contributed by atoms with Crippen LogP contribution in [0.1, 0.15) is 11.6 Å². The topological polar surface area (TPSA) is 64.7 Å². The summed E-state index contributed by atoms with van der Waals surface area (Å²) in [6, 6.07) is 2.75. The van der Waals surface area contributed by atoms with Gasteiger partial charge in [-0.2, -0.15) is 0 Å². The molecule has 1 rings (SSSR count). The van der Waals surface area contributed by atoms with Crippen LogP contribution in [0.15, 0.2) is 12.1 Å². The Morgan fingerprint density at radius 2 is 2.07 bits per heavy atom. The molecule has 0 heterocycles. The molecule has 1 aromatic rings. The second-order valence-corrected chi connectivity index (χ2v) is 3.42. The third kappa shape index (κ3) is 2.53. The minimum atomic E-state index is -0.557. The zero-order chi connectivity index (χ0) is 11.4. The molecule has 4 nitrogen and oxygen atoms in total. The fourth-order valence-electron chi connectivity index (χ4n) is 1.31. The number of halogens is 1. The van der Waals surface area contributed by atoms with Gasteiger partial charge in [0.05, 0.1) is 31.9 Å². The first-order valence-electron chi connectivity index (χ1n) is 4.41. The second-order valence-electron chi connectivity index (χ2n) is 3.01. The Kier molecular flexibility index (Phi) is 4.20. The van der Waals surface area contributed by atoms with Crippen molar-refractivity contribution in [3.05, 3.63) is 22.7 Å². The molecule has 1 aromatic carbocycles. The molecule has 0 aromatic heterocycles. The average Bonchev–Trinajstić information content (AvgIpc) is 2.26. The third-order valence-corrected chi connectivity index (χ3v) is 2.40. The molecule has 15 heavy (non-hydrogen) atoms. The molecule has 0 radical (unpaired) electrons. The highest BCUT2D eigenvalue weighted by molar-refractivity contribution is 6.31. The van der Waals surface area contributed by atoms with Crippen LogP contribution in [0.2, 0.25) is 5.02 Å². The SMILES string of the molecule is COc1cc(Cl)c(C(N)CO)c(OC)c1. The maximum atomic E-state index is 8.99. The maximum Gasteiger partial charge on any atom is 0.128 e. The van der Waals surface area contributed by atoms with E-state index in [1.54, 1.807) is 12.1 Å². The van der Waals surface area contributed by atoms with Crippen LogP contribution in [0.5, 0.6) is 11.5 Å². The van der Waals surface area contributed by atoms with Gasteiger partial charge in [0, 0.05) is 11.6 Å². The van der Waals surface area contributed by atoms with E-state index >= 15 is 0 Å². The first-order chi connectivity index (χ1) is 7.13. The fourth-order valence-corrected chi connectivity index (χ4v) is 1.65. The van der Waals surface area contributed by atoms with Crippen molar-refractivity contribution >= 4 is 11.6 Å². The Labute approximate surface area is 93.6 Å². The quantitative estimate of drug-likeness (QED) is 0.821. The molecular formula is C10H14ClNO3. The summed E-state index contributed by atoms with van der Waals surface area (Å²) in [4.78, 5) is 0. The van der Waals surface area contributed by atoms with Gasteiger partial charge < -0.3 is 20.3 Å². The number of ether oxygens (including phenoxy) is 2. The van der Waals surface area contributed by atoms with Crippen LogP contribution >= 0.6 is 11.6 Å². The van der Waals surface area contributed by atoms with Gasteiger partial charge in [-0.1, -0.05) is 11.6 Å². The molecule has 5 heteroatoms. The summed E-state index contributed by atoms with van der Waals surface area (Å²) in [6.45, 7) is -0.192. The van der Waals surface area contributed by atoms with E-state index in [2.05, 4.69) is 0 Å². The molecule has 0 aliphatic heterocycles. The number of rotatable bonds is 4. The summed E-state index contributed by atoms with van der Waals surface area (Å²) in [7, 11) is 3.05. The first-order valence-corrected chi connectivity index (χ1v) is 4.79. The lowest BCUT2D eigenvalue weighted by Gasteiger charge is -2.16. The Morgan fingerprint density at radius 1 is 1.40 bits per heavy atom. The standard InChI is InChI=1S/C10H14ClNO3/c1-14-6-3-7(11)10(8(12)5-13)9(4-6)15-2/h3-4,8,13H,5,12H2,1-2H3. The third-order valence-electron chi connectivity index (χ3n) is 2.09. The zero-order valence-electron chi connectivity index (χ0n) is 8.66. The number of hydrogen-bond acceptors (Lipinski definition) is 4. The molecule has 0 aliphatic rings. The van der Waals surface area contributed by atoms with Gasteiger partial charge in [-0.3, -0.25) is 0 Å². The number of nitrogens with two attached hydrogens (primary N) is 1. The Hall–Kier alpha value is -0.970. The molecule has 1 unspecified atom stereocenters. The van der Waals surface area contributed by atoms with Crippen molar-refractivity contribution in [2.24, 2.45) is 5.73 Å². The highest BCUT2D eigenvalue weighted by Gasteiger charge is 2.16. The van der Waals surface area contributed by atoms with Crippen molar-refractivity contribution in [3.63, 3.8) is 0 Å². The van der Waals surface area contributed by atoms with Gasteiger partial charge in [-0.25, -0.2) is 0 Å². The smallest absolute Gasteiger partial charge is 0.128 e.